The Labute approximate surface area is 172 Å². The summed E-state index contributed by atoms with van der Waals surface area (Å²) in [7, 11) is 4.74. The van der Waals surface area contributed by atoms with Crippen molar-refractivity contribution in [1.29, 1.82) is 0 Å². The number of benzene rings is 1. The second kappa shape index (κ2) is 11.5. The topological polar surface area (TPSA) is 77.5 Å². The molecule has 0 fully saturated rings. The number of ether oxygens (including phenoxy) is 4. The fourth-order valence-electron chi connectivity index (χ4n) is 3.13. The summed E-state index contributed by atoms with van der Waals surface area (Å²) in [5.74, 6) is 0.0521. The Bertz CT molecular complexity index is 708. The molecule has 0 radical (unpaired) electrons. The van der Waals surface area contributed by atoms with Gasteiger partial charge >= 0.3 is 0 Å². The molecule has 2 rings (SSSR count). The van der Waals surface area contributed by atoms with Crippen molar-refractivity contribution >= 4 is 17.4 Å². The van der Waals surface area contributed by atoms with Gasteiger partial charge in [0.15, 0.2) is 0 Å². The smallest absolute Gasteiger partial charge is 0.277 e. The molecule has 0 aliphatic carbocycles. The molecule has 8 heteroatoms. The van der Waals surface area contributed by atoms with Crippen molar-refractivity contribution in [2.45, 2.75) is 6.92 Å². The van der Waals surface area contributed by atoms with E-state index in [4.69, 9.17) is 18.9 Å². The fourth-order valence-corrected chi connectivity index (χ4v) is 3.13. The van der Waals surface area contributed by atoms with Crippen molar-refractivity contribution in [3.63, 3.8) is 0 Å². The molecule has 0 saturated heterocycles. The zero-order chi connectivity index (χ0) is 21.2. The standard InChI is InChI=1S/C21H30N2O6/c1-5-29-17-8-6-16(7-9-17)18-19(22(10-13-26-2)11-14-27-3)21(25)23(20(18)24)12-15-28-4/h6-9H,5,10-15H2,1-4H3. The lowest BCUT2D eigenvalue weighted by Crippen LogP contribution is -2.39. The van der Waals surface area contributed by atoms with Gasteiger partial charge in [-0.2, -0.15) is 0 Å². The Morgan fingerprint density at radius 1 is 0.862 bits per heavy atom. The molecule has 29 heavy (non-hydrogen) atoms. The van der Waals surface area contributed by atoms with Gasteiger partial charge in [0.05, 0.1) is 38.5 Å². The predicted octanol–water partition coefficient (Wildman–Crippen LogP) is 1.41. The van der Waals surface area contributed by atoms with E-state index in [1.165, 1.54) is 12.0 Å². The van der Waals surface area contributed by atoms with Gasteiger partial charge in [-0.1, -0.05) is 12.1 Å². The van der Waals surface area contributed by atoms with Gasteiger partial charge in [0.1, 0.15) is 11.4 Å². The largest absolute Gasteiger partial charge is 0.494 e. The van der Waals surface area contributed by atoms with Crippen LogP contribution in [-0.4, -0.2) is 89.0 Å². The number of hydrogen-bond acceptors (Lipinski definition) is 7. The third-order valence-electron chi connectivity index (χ3n) is 4.56. The summed E-state index contributed by atoms with van der Waals surface area (Å²) in [6.07, 6.45) is 0. The molecule has 160 valence electrons. The van der Waals surface area contributed by atoms with Crippen LogP contribution in [0.5, 0.6) is 5.75 Å². The number of methoxy groups -OCH3 is 3. The molecule has 0 aromatic heterocycles. The van der Waals surface area contributed by atoms with Crippen LogP contribution in [0.15, 0.2) is 30.0 Å². The van der Waals surface area contributed by atoms with Gasteiger partial charge in [-0.3, -0.25) is 14.5 Å². The first-order chi connectivity index (χ1) is 14.1. The molecule has 0 bridgehead atoms. The van der Waals surface area contributed by atoms with Crippen molar-refractivity contribution in [2.24, 2.45) is 0 Å². The quantitative estimate of drug-likeness (QED) is 0.458. The minimum Gasteiger partial charge on any atom is -0.494 e. The molecule has 0 N–H and O–H groups in total. The molecule has 0 spiro atoms. The number of nitrogens with zero attached hydrogens (tertiary/aromatic N) is 2. The summed E-state index contributed by atoms with van der Waals surface area (Å²) in [5.41, 5.74) is 1.41. The lowest BCUT2D eigenvalue weighted by molar-refractivity contribution is -0.138. The number of carbonyl (C=O) groups excluding carboxylic acids is 2. The normalized spacial score (nSPS) is 14.1. The number of amides is 2. The van der Waals surface area contributed by atoms with Gasteiger partial charge < -0.3 is 23.8 Å². The van der Waals surface area contributed by atoms with Crippen molar-refractivity contribution in [2.75, 3.05) is 67.4 Å². The number of carbonyl (C=O) groups is 2. The minimum atomic E-state index is -0.330. The number of rotatable bonds is 13. The third-order valence-corrected chi connectivity index (χ3v) is 4.56. The first-order valence-electron chi connectivity index (χ1n) is 9.64. The van der Waals surface area contributed by atoms with Crippen LogP contribution in [0.2, 0.25) is 0 Å². The van der Waals surface area contributed by atoms with Crippen LogP contribution < -0.4 is 4.74 Å². The highest BCUT2D eigenvalue weighted by Crippen LogP contribution is 2.32. The molecule has 1 aliphatic rings. The van der Waals surface area contributed by atoms with Crippen LogP contribution >= 0.6 is 0 Å². The van der Waals surface area contributed by atoms with Gasteiger partial charge in [0, 0.05) is 34.4 Å². The monoisotopic (exact) mass is 406 g/mol. The summed E-state index contributed by atoms with van der Waals surface area (Å²) in [4.78, 5) is 29.4. The average molecular weight is 406 g/mol. The molecule has 1 aliphatic heterocycles. The summed E-state index contributed by atoms with van der Waals surface area (Å²) < 4.78 is 21.0. The van der Waals surface area contributed by atoms with E-state index in [1.807, 2.05) is 11.8 Å². The van der Waals surface area contributed by atoms with Crippen molar-refractivity contribution in [3.8, 4) is 5.75 Å². The molecule has 1 aromatic carbocycles. The van der Waals surface area contributed by atoms with Crippen molar-refractivity contribution in [3.05, 3.63) is 35.5 Å². The predicted molar refractivity (Wildman–Crippen MR) is 108 cm³/mol. The molecule has 0 unspecified atom stereocenters. The Kier molecular flexibility index (Phi) is 9.11. The second-order valence-electron chi connectivity index (χ2n) is 6.41. The fraction of sp³-hybridized carbons (Fsp3) is 0.524. The maximum absolute atomic E-state index is 13.2. The van der Waals surface area contributed by atoms with Gasteiger partial charge in [0.25, 0.3) is 11.8 Å². The van der Waals surface area contributed by atoms with Gasteiger partial charge in [-0.05, 0) is 24.6 Å². The van der Waals surface area contributed by atoms with Crippen LogP contribution in [0.25, 0.3) is 5.57 Å². The van der Waals surface area contributed by atoms with E-state index < -0.39 is 0 Å². The molecule has 0 saturated carbocycles. The lowest BCUT2D eigenvalue weighted by Gasteiger charge is -2.25. The molecule has 8 nitrogen and oxygen atoms in total. The van der Waals surface area contributed by atoms with E-state index in [1.54, 1.807) is 38.5 Å². The summed E-state index contributed by atoms with van der Waals surface area (Å²) in [6.45, 7) is 4.70. The number of hydrogen-bond donors (Lipinski definition) is 0. The molecular formula is C21H30N2O6. The highest BCUT2D eigenvalue weighted by molar-refractivity contribution is 6.35. The van der Waals surface area contributed by atoms with Crippen molar-refractivity contribution in [1.82, 2.24) is 9.80 Å². The Morgan fingerprint density at radius 3 is 1.97 bits per heavy atom. The lowest BCUT2D eigenvalue weighted by atomic mass is 10.0. The molecule has 1 aromatic rings. The first kappa shape index (κ1) is 22.9. The number of imide groups is 1. The summed E-state index contributed by atoms with van der Waals surface area (Å²) in [6, 6.07) is 7.20. The van der Waals surface area contributed by atoms with E-state index in [2.05, 4.69) is 0 Å². The Hall–Kier alpha value is -2.42. The SMILES string of the molecule is CCOc1ccc(C2=C(N(CCOC)CCOC)C(=O)N(CCOC)C2=O)cc1. The molecular weight excluding hydrogens is 376 g/mol. The highest BCUT2D eigenvalue weighted by Gasteiger charge is 2.41. The van der Waals surface area contributed by atoms with E-state index in [-0.39, 0.29) is 25.0 Å². The van der Waals surface area contributed by atoms with Crippen LogP contribution in [0.4, 0.5) is 0 Å². The molecule has 0 atom stereocenters. The van der Waals surface area contributed by atoms with Crippen LogP contribution in [-0.2, 0) is 23.8 Å². The maximum atomic E-state index is 13.2. The zero-order valence-electron chi connectivity index (χ0n) is 17.6. The van der Waals surface area contributed by atoms with Crippen LogP contribution in [0, 0.1) is 0 Å². The van der Waals surface area contributed by atoms with Crippen molar-refractivity contribution < 1.29 is 28.5 Å². The maximum Gasteiger partial charge on any atom is 0.277 e. The van der Waals surface area contributed by atoms with Crippen LogP contribution in [0.3, 0.4) is 0 Å². The minimum absolute atomic E-state index is 0.195. The molecule has 2 amide bonds. The first-order valence-corrected chi connectivity index (χ1v) is 9.64. The second-order valence-corrected chi connectivity index (χ2v) is 6.41. The third kappa shape index (κ3) is 5.56. The Balaban J connectivity index is 2.47. The Morgan fingerprint density at radius 2 is 1.45 bits per heavy atom. The van der Waals surface area contributed by atoms with Gasteiger partial charge in [-0.25, -0.2) is 0 Å². The van der Waals surface area contributed by atoms with E-state index >= 15 is 0 Å². The highest BCUT2D eigenvalue weighted by atomic mass is 16.5. The van der Waals surface area contributed by atoms with E-state index in [0.717, 1.165) is 0 Å². The summed E-state index contributed by atoms with van der Waals surface area (Å²) >= 11 is 0. The van der Waals surface area contributed by atoms with Gasteiger partial charge in [0.2, 0.25) is 0 Å². The van der Waals surface area contributed by atoms with E-state index in [0.29, 0.717) is 55.5 Å². The van der Waals surface area contributed by atoms with E-state index in [9.17, 15) is 9.59 Å². The zero-order valence-corrected chi connectivity index (χ0v) is 17.6. The van der Waals surface area contributed by atoms with Crippen LogP contribution in [0.1, 0.15) is 12.5 Å². The van der Waals surface area contributed by atoms with Gasteiger partial charge in [-0.15, -0.1) is 0 Å². The molecule has 1 heterocycles. The average Bonchev–Trinajstić information content (AvgIpc) is 2.97. The summed E-state index contributed by atoms with van der Waals surface area (Å²) in [5, 5.41) is 0.